The zero-order chi connectivity index (χ0) is 11.5. The molecule has 0 amide bonds. The zero-order valence-corrected chi connectivity index (χ0v) is 9.93. The smallest absolute Gasteiger partial charge is 0.122 e. The molecule has 0 bridgehead atoms. The summed E-state index contributed by atoms with van der Waals surface area (Å²) in [5.74, 6) is 0.915. The molecular formula is C13H17NO2. The molecule has 2 rings (SSSR count). The van der Waals surface area contributed by atoms with Gasteiger partial charge in [0.15, 0.2) is 0 Å². The van der Waals surface area contributed by atoms with E-state index in [4.69, 9.17) is 9.47 Å². The average molecular weight is 219 g/mol. The lowest BCUT2D eigenvalue weighted by Gasteiger charge is -2.10. The van der Waals surface area contributed by atoms with Crippen LogP contribution in [0, 0.1) is 0 Å². The first-order chi connectivity index (χ1) is 7.70. The quantitative estimate of drug-likeness (QED) is 0.789. The second-order valence-electron chi connectivity index (χ2n) is 4.09. The van der Waals surface area contributed by atoms with Crippen LogP contribution in [0.3, 0.4) is 0 Å². The topological polar surface area (TPSA) is 23.4 Å². The molecule has 0 atom stereocenters. The Morgan fingerprint density at radius 3 is 2.75 bits per heavy atom. The standard InChI is InChI=1S/C13H17NO2/c1-10(2)16-12-4-5-13-11(8-12)6-7-14(13)9-15-3/h4-8,10H,9H2,1-3H3. The van der Waals surface area contributed by atoms with E-state index in [1.165, 1.54) is 5.39 Å². The minimum Gasteiger partial charge on any atom is -0.491 e. The first-order valence-electron chi connectivity index (χ1n) is 5.45. The van der Waals surface area contributed by atoms with E-state index in [9.17, 15) is 0 Å². The molecule has 2 aromatic rings. The molecule has 0 saturated heterocycles. The summed E-state index contributed by atoms with van der Waals surface area (Å²) in [6.45, 7) is 4.63. The van der Waals surface area contributed by atoms with Crippen molar-refractivity contribution in [1.29, 1.82) is 0 Å². The number of hydrogen-bond acceptors (Lipinski definition) is 2. The Kier molecular flexibility index (Phi) is 3.15. The van der Waals surface area contributed by atoms with Crippen LogP contribution in [0.25, 0.3) is 10.9 Å². The van der Waals surface area contributed by atoms with Gasteiger partial charge in [-0.2, -0.15) is 0 Å². The second kappa shape index (κ2) is 4.58. The van der Waals surface area contributed by atoms with Crippen LogP contribution in [0.4, 0.5) is 0 Å². The monoisotopic (exact) mass is 219 g/mol. The number of ether oxygens (including phenoxy) is 2. The predicted molar refractivity (Wildman–Crippen MR) is 64.7 cm³/mol. The molecule has 0 spiro atoms. The number of aromatic nitrogens is 1. The molecule has 1 aromatic carbocycles. The Labute approximate surface area is 95.6 Å². The Hall–Kier alpha value is -1.48. The van der Waals surface area contributed by atoms with Crippen LogP contribution in [0.1, 0.15) is 13.8 Å². The Morgan fingerprint density at radius 1 is 1.25 bits per heavy atom. The third-order valence-corrected chi connectivity index (χ3v) is 2.38. The predicted octanol–water partition coefficient (Wildman–Crippen LogP) is 3.03. The maximum atomic E-state index is 5.65. The van der Waals surface area contributed by atoms with Gasteiger partial charge in [-0.05, 0) is 38.1 Å². The van der Waals surface area contributed by atoms with E-state index in [1.54, 1.807) is 7.11 Å². The van der Waals surface area contributed by atoms with Gasteiger partial charge >= 0.3 is 0 Å². The van der Waals surface area contributed by atoms with Gasteiger partial charge < -0.3 is 14.0 Å². The maximum absolute atomic E-state index is 5.65. The fourth-order valence-corrected chi connectivity index (χ4v) is 1.78. The molecule has 0 N–H and O–H groups in total. The van der Waals surface area contributed by atoms with Gasteiger partial charge in [-0.25, -0.2) is 0 Å². The van der Waals surface area contributed by atoms with E-state index in [-0.39, 0.29) is 6.10 Å². The highest BCUT2D eigenvalue weighted by molar-refractivity contribution is 5.81. The van der Waals surface area contributed by atoms with Gasteiger partial charge in [0.25, 0.3) is 0 Å². The van der Waals surface area contributed by atoms with E-state index in [0.717, 1.165) is 11.3 Å². The van der Waals surface area contributed by atoms with E-state index < -0.39 is 0 Å². The number of hydrogen-bond donors (Lipinski definition) is 0. The largest absolute Gasteiger partial charge is 0.491 e. The summed E-state index contributed by atoms with van der Waals surface area (Å²) in [6, 6.07) is 8.18. The molecule has 3 nitrogen and oxygen atoms in total. The minimum atomic E-state index is 0.207. The number of benzene rings is 1. The summed E-state index contributed by atoms with van der Waals surface area (Å²) in [7, 11) is 1.70. The summed E-state index contributed by atoms with van der Waals surface area (Å²) < 4.78 is 12.8. The lowest BCUT2D eigenvalue weighted by Crippen LogP contribution is -2.05. The van der Waals surface area contributed by atoms with E-state index in [2.05, 4.69) is 22.8 Å². The van der Waals surface area contributed by atoms with Crippen molar-refractivity contribution in [3.05, 3.63) is 30.5 Å². The molecule has 0 aliphatic rings. The van der Waals surface area contributed by atoms with Crippen LogP contribution in [0.5, 0.6) is 5.75 Å². The fraction of sp³-hybridized carbons (Fsp3) is 0.385. The van der Waals surface area contributed by atoms with Gasteiger partial charge in [-0.1, -0.05) is 0 Å². The molecule has 86 valence electrons. The Morgan fingerprint density at radius 2 is 2.06 bits per heavy atom. The van der Waals surface area contributed by atoms with Crippen LogP contribution < -0.4 is 4.74 Å². The third kappa shape index (κ3) is 2.19. The molecule has 16 heavy (non-hydrogen) atoms. The van der Waals surface area contributed by atoms with Crippen LogP contribution in [0.15, 0.2) is 30.5 Å². The van der Waals surface area contributed by atoms with Crippen LogP contribution in [-0.4, -0.2) is 17.8 Å². The van der Waals surface area contributed by atoms with E-state index >= 15 is 0 Å². The van der Waals surface area contributed by atoms with Crippen molar-refractivity contribution < 1.29 is 9.47 Å². The van der Waals surface area contributed by atoms with Crippen molar-refractivity contribution in [1.82, 2.24) is 4.57 Å². The number of nitrogens with zero attached hydrogens (tertiary/aromatic N) is 1. The van der Waals surface area contributed by atoms with Crippen molar-refractivity contribution in [3.8, 4) is 5.75 Å². The average Bonchev–Trinajstić information content (AvgIpc) is 2.61. The van der Waals surface area contributed by atoms with Crippen molar-refractivity contribution in [3.63, 3.8) is 0 Å². The maximum Gasteiger partial charge on any atom is 0.122 e. The van der Waals surface area contributed by atoms with Crippen molar-refractivity contribution >= 4 is 10.9 Å². The highest BCUT2D eigenvalue weighted by Gasteiger charge is 2.03. The van der Waals surface area contributed by atoms with Crippen LogP contribution in [-0.2, 0) is 11.5 Å². The summed E-state index contributed by atoms with van der Waals surface area (Å²) >= 11 is 0. The highest BCUT2D eigenvalue weighted by Crippen LogP contribution is 2.22. The van der Waals surface area contributed by atoms with Gasteiger partial charge in [0.1, 0.15) is 12.5 Å². The molecular weight excluding hydrogens is 202 g/mol. The van der Waals surface area contributed by atoms with Gasteiger partial charge in [0.2, 0.25) is 0 Å². The number of rotatable bonds is 4. The van der Waals surface area contributed by atoms with Gasteiger partial charge in [-0.3, -0.25) is 0 Å². The SMILES string of the molecule is COCn1ccc2cc(OC(C)C)ccc21. The molecule has 0 fully saturated rings. The molecule has 0 aliphatic heterocycles. The Balaban J connectivity index is 2.33. The molecule has 0 unspecified atom stereocenters. The molecule has 3 heteroatoms. The van der Waals surface area contributed by atoms with Gasteiger partial charge in [0, 0.05) is 18.7 Å². The molecule has 1 heterocycles. The fourth-order valence-electron chi connectivity index (χ4n) is 1.78. The van der Waals surface area contributed by atoms with E-state index in [0.29, 0.717) is 6.73 Å². The lowest BCUT2D eigenvalue weighted by molar-refractivity contribution is 0.135. The molecule has 1 aromatic heterocycles. The molecule has 0 saturated carbocycles. The lowest BCUT2D eigenvalue weighted by atomic mass is 10.2. The molecule has 0 radical (unpaired) electrons. The summed E-state index contributed by atoms with van der Waals surface area (Å²) in [5.41, 5.74) is 1.16. The number of fused-ring (bicyclic) bond motifs is 1. The number of methoxy groups -OCH3 is 1. The Bertz CT molecular complexity index is 474. The van der Waals surface area contributed by atoms with Gasteiger partial charge in [-0.15, -0.1) is 0 Å². The van der Waals surface area contributed by atoms with E-state index in [1.807, 2.05) is 26.1 Å². The first-order valence-corrected chi connectivity index (χ1v) is 5.45. The summed E-state index contributed by atoms with van der Waals surface area (Å²) in [5, 5.41) is 1.18. The van der Waals surface area contributed by atoms with Crippen molar-refractivity contribution in [2.24, 2.45) is 0 Å². The normalized spacial score (nSPS) is 11.2. The van der Waals surface area contributed by atoms with Crippen molar-refractivity contribution in [2.75, 3.05) is 7.11 Å². The van der Waals surface area contributed by atoms with Crippen LogP contribution in [0.2, 0.25) is 0 Å². The summed E-state index contributed by atoms with van der Waals surface area (Å²) in [4.78, 5) is 0. The second-order valence-corrected chi connectivity index (χ2v) is 4.09. The zero-order valence-electron chi connectivity index (χ0n) is 9.93. The molecule has 0 aliphatic carbocycles. The third-order valence-electron chi connectivity index (χ3n) is 2.38. The highest BCUT2D eigenvalue weighted by atomic mass is 16.5. The van der Waals surface area contributed by atoms with Crippen molar-refractivity contribution in [2.45, 2.75) is 26.7 Å². The first kappa shape index (κ1) is 11.0. The van der Waals surface area contributed by atoms with Gasteiger partial charge in [0.05, 0.1) is 11.6 Å². The summed E-state index contributed by atoms with van der Waals surface area (Å²) in [6.07, 6.45) is 2.23. The minimum absolute atomic E-state index is 0.207. The van der Waals surface area contributed by atoms with Crippen LogP contribution >= 0.6 is 0 Å².